The fraction of sp³-hybridized carbons (Fsp3) is 0.364. The van der Waals surface area contributed by atoms with E-state index in [1.165, 1.54) is 13.3 Å². The van der Waals surface area contributed by atoms with Crippen LogP contribution >= 0.6 is 0 Å². The van der Waals surface area contributed by atoms with E-state index in [4.69, 9.17) is 4.74 Å². The van der Waals surface area contributed by atoms with E-state index in [-0.39, 0.29) is 30.3 Å². The normalized spacial score (nSPS) is 9.62. The first-order valence-electron chi connectivity index (χ1n) is 4.86. The molecule has 0 bridgehead atoms. The van der Waals surface area contributed by atoms with E-state index in [2.05, 4.69) is 9.72 Å². The molecule has 5 heteroatoms. The molecule has 0 aliphatic carbocycles. The van der Waals surface area contributed by atoms with Crippen molar-refractivity contribution in [1.29, 1.82) is 0 Å². The first kappa shape index (κ1) is 12.2. The van der Waals surface area contributed by atoms with Crippen molar-refractivity contribution in [3.63, 3.8) is 0 Å². The van der Waals surface area contributed by atoms with Crippen molar-refractivity contribution in [2.24, 2.45) is 0 Å². The zero-order valence-electron chi connectivity index (χ0n) is 9.23. The van der Waals surface area contributed by atoms with E-state index in [1.54, 1.807) is 19.1 Å². The van der Waals surface area contributed by atoms with E-state index in [0.29, 0.717) is 0 Å². The first-order chi connectivity index (χ1) is 7.69. The minimum Gasteiger partial charge on any atom is -0.480 e. The fourth-order valence-corrected chi connectivity index (χ4v) is 1.20. The van der Waals surface area contributed by atoms with Gasteiger partial charge in [-0.1, -0.05) is 0 Å². The number of rotatable bonds is 5. The maximum Gasteiger partial charge on any atom is 0.313 e. The molecule has 0 aromatic carbocycles. The van der Waals surface area contributed by atoms with Gasteiger partial charge in [-0.25, -0.2) is 4.98 Å². The van der Waals surface area contributed by atoms with Crippen LogP contribution in [-0.4, -0.2) is 30.5 Å². The molecule has 0 unspecified atom stereocenters. The van der Waals surface area contributed by atoms with Gasteiger partial charge in [0.15, 0.2) is 5.78 Å². The van der Waals surface area contributed by atoms with Crippen LogP contribution < -0.4 is 4.74 Å². The third kappa shape index (κ3) is 3.05. The molecule has 16 heavy (non-hydrogen) atoms. The van der Waals surface area contributed by atoms with Crippen LogP contribution in [0.4, 0.5) is 0 Å². The van der Waals surface area contributed by atoms with Crippen molar-refractivity contribution in [3.8, 4) is 5.88 Å². The van der Waals surface area contributed by atoms with Gasteiger partial charge in [0.1, 0.15) is 6.42 Å². The van der Waals surface area contributed by atoms with Crippen LogP contribution in [-0.2, 0) is 9.53 Å². The molecule has 0 N–H and O–H groups in total. The molecule has 0 atom stereocenters. The largest absolute Gasteiger partial charge is 0.480 e. The summed E-state index contributed by atoms with van der Waals surface area (Å²) in [7, 11) is 1.42. The summed E-state index contributed by atoms with van der Waals surface area (Å²) in [5.74, 6) is -0.682. The van der Waals surface area contributed by atoms with Crippen LogP contribution in [0.25, 0.3) is 0 Å². The van der Waals surface area contributed by atoms with Gasteiger partial charge in [0, 0.05) is 6.20 Å². The molecule has 0 aliphatic rings. The summed E-state index contributed by atoms with van der Waals surface area (Å²) in [4.78, 5) is 26.7. The van der Waals surface area contributed by atoms with Gasteiger partial charge in [0.05, 0.1) is 19.3 Å². The van der Waals surface area contributed by atoms with E-state index < -0.39 is 5.97 Å². The lowest BCUT2D eigenvalue weighted by Gasteiger charge is -2.05. The Kier molecular flexibility index (Phi) is 4.44. The van der Waals surface area contributed by atoms with E-state index >= 15 is 0 Å². The number of pyridine rings is 1. The van der Waals surface area contributed by atoms with Gasteiger partial charge in [-0.15, -0.1) is 0 Å². The Morgan fingerprint density at radius 1 is 1.44 bits per heavy atom. The lowest BCUT2D eigenvalue weighted by atomic mass is 10.1. The molecular formula is C11H13NO4. The number of carbonyl (C=O) groups is 2. The highest BCUT2D eigenvalue weighted by Gasteiger charge is 2.16. The number of Topliss-reactive ketones (excluding diaryl/α,β-unsaturated/α-hetero) is 1. The van der Waals surface area contributed by atoms with Crippen molar-refractivity contribution < 1.29 is 19.1 Å². The Balaban J connectivity index is 2.76. The van der Waals surface area contributed by atoms with Crippen LogP contribution in [0.1, 0.15) is 23.7 Å². The second-order valence-electron chi connectivity index (χ2n) is 2.97. The monoisotopic (exact) mass is 223 g/mol. The third-order valence-electron chi connectivity index (χ3n) is 1.88. The van der Waals surface area contributed by atoms with Gasteiger partial charge >= 0.3 is 5.97 Å². The number of ketones is 1. The Morgan fingerprint density at radius 2 is 2.19 bits per heavy atom. The molecule has 1 heterocycles. The van der Waals surface area contributed by atoms with Crippen molar-refractivity contribution >= 4 is 11.8 Å². The highest BCUT2D eigenvalue weighted by Crippen LogP contribution is 2.15. The maximum absolute atomic E-state index is 11.7. The summed E-state index contributed by atoms with van der Waals surface area (Å²) >= 11 is 0. The van der Waals surface area contributed by atoms with E-state index in [0.717, 1.165) is 0 Å². The molecule has 0 spiro atoms. The lowest BCUT2D eigenvalue weighted by Crippen LogP contribution is -2.12. The number of ether oxygens (including phenoxy) is 2. The minimum atomic E-state index is -0.543. The first-order valence-corrected chi connectivity index (χ1v) is 4.86. The molecule has 0 amide bonds. The topological polar surface area (TPSA) is 65.5 Å². The molecule has 86 valence electrons. The standard InChI is InChI=1S/C11H13NO4/c1-3-16-10(14)7-9(13)8-5-4-6-12-11(8)15-2/h4-6H,3,7H2,1-2H3. The Morgan fingerprint density at radius 3 is 2.81 bits per heavy atom. The smallest absolute Gasteiger partial charge is 0.313 e. The highest BCUT2D eigenvalue weighted by atomic mass is 16.5. The molecular weight excluding hydrogens is 210 g/mol. The molecule has 0 aliphatic heterocycles. The van der Waals surface area contributed by atoms with Gasteiger partial charge in [-0.05, 0) is 19.1 Å². The van der Waals surface area contributed by atoms with Gasteiger partial charge in [0.25, 0.3) is 0 Å². The Bertz CT molecular complexity index is 389. The molecule has 1 aromatic rings. The summed E-state index contributed by atoms with van der Waals surface area (Å²) in [5.41, 5.74) is 0.290. The minimum absolute atomic E-state index is 0.219. The summed E-state index contributed by atoms with van der Waals surface area (Å²) in [6, 6.07) is 3.17. The summed E-state index contributed by atoms with van der Waals surface area (Å²) in [6.07, 6.45) is 1.22. The predicted molar refractivity (Wildman–Crippen MR) is 56.4 cm³/mol. The second kappa shape index (κ2) is 5.85. The summed E-state index contributed by atoms with van der Waals surface area (Å²) in [6.45, 7) is 1.95. The summed E-state index contributed by atoms with van der Waals surface area (Å²) < 4.78 is 9.61. The molecule has 1 rings (SSSR count). The average Bonchev–Trinajstić information content (AvgIpc) is 2.29. The van der Waals surface area contributed by atoms with Crippen molar-refractivity contribution in [1.82, 2.24) is 4.98 Å². The molecule has 0 radical (unpaired) electrons. The van der Waals surface area contributed by atoms with Gasteiger partial charge in [-0.3, -0.25) is 9.59 Å². The lowest BCUT2D eigenvalue weighted by molar-refractivity contribution is -0.141. The summed E-state index contributed by atoms with van der Waals surface area (Å²) in [5, 5.41) is 0. The van der Waals surface area contributed by atoms with Crippen molar-refractivity contribution in [2.45, 2.75) is 13.3 Å². The third-order valence-corrected chi connectivity index (χ3v) is 1.88. The van der Waals surface area contributed by atoms with Crippen LogP contribution in [0.3, 0.4) is 0 Å². The van der Waals surface area contributed by atoms with Crippen LogP contribution in [0.15, 0.2) is 18.3 Å². The molecule has 0 saturated carbocycles. The zero-order valence-corrected chi connectivity index (χ0v) is 9.23. The molecule has 1 aromatic heterocycles. The fourth-order valence-electron chi connectivity index (χ4n) is 1.20. The van der Waals surface area contributed by atoms with E-state index in [1.807, 2.05) is 0 Å². The van der Waals surface area contributed by atoms with Gasteiger partial charge in [0.2, 0.25) is 5.88 Å². The predicted octanol–water partition coefficient (Wildman–Crippen LogP) is 1.23. The number of carbonyl (C=O) groups excluding carboxylic acids is 2. The van der Waals surface area contributed by atoms with Crippen LogP contribution in [0, 0.1) is 0 Å². The quantitative estimate of drug-likeness (QED) is 0.426. The van der Waals surface area contributed by atoms with Gasteiger partial charge in [-0.2, -0.15) is 0 Å². The number of methoxy groups -OCH3 is 1. The number of hydrogen-bond acceptors (Lipinski definition) is 5. The SMILES string of the molecule is CCOC(=O)CC(=O)c1cccnc1OC. The number of hydrogen-bond donors (Lipinski definition) is 0. The van der Waals surface area contributed by atoms with E-state index in [9.17, 15) is 9.59 Å². The van der Waals surface area contributed by atoms with Crippen LogP contribution in [0.2, 0.25) is 0 Å². The number of nitrogens with zero attached hydrogens (tertiary/aromatic N) is 1. The molecule has 0 saturated heterocycles. The Hall–Kier alpha value is -1.91. The zero-order chi connectivity index (χ0) is 12.0. The number of aromatic nitrogens is 1. The molecule has 5 nitrogen and oxygen atoms in total. The Labute approximate surface area is 93.4 Å². The van der Waals surface area contributed by atoms with Crippen LogP contribution in [0.5, 0.6) is 5.88 Å². The molecule has 0 fully saturated rings. The van der Waals surface area contributed by atoms with Gasteiger partial charge < -0.3 is 9.47 Å². The van der Waals surface area contributed by atoms with Crippen molar-refractivity contribution in [3.05, 3.63) is 23.9 Å². The maximum atomic E-state index is 11.7. The average molecular weight is 223 g/mol. The highest BCUT2D eigenvalue weighted by molar-refractivity contribution is 6.07. The second-order valence-corrected chi connectivity index (χ2v) is 2.97. The van der Waals surface area contributed by atoms with Crippen molar-refractivity contribution in [2.75, 3.05) is 13.7 Å². The number of esters is 1.